The normalized spacial score (nSPS) is 35.4. The lowest BCUT2D eigenvalue weighted by atomic mass is 9.83. The average Bonchev–Trinajstić information content (AvgIpc) is 1.19. The van der Waals surface area contributed by atoms with E-state index in [0.29, 0.717) is 124 Å². The third kappa shape index (κ3) is 27.2. The van der Waals surface area contributed by atoms with Gasteiger partial charge in [0.15, 0.2) is 31.5 Å². The van der Waals surface area contributed by atoms with E-state index in [2.05, 4.69) is 46.9 Å². The molecule has 0 bridgehead atoms. The fourth-order valence-electron chi connectivity index (χ4n) is 14.6. The fraction of sp³-hybridized carbons (Fsp3) is 0.947. The van der Waals surface area contributed by atoms with Crippen LogP contribution in [0, 0.1) is 23.7 Å². The second-order valence-electron chi connectivity index (χ2n) is 28.1. The number of imide groups is 1. The van der Waals surface area contributed by atoms with Gasteiger partial charge in [0.05, 0.1) is 114 Å². The van der Waals surface area contributed by atoms with Crippen molar-refractivity contribution in [2.24, 2.45) is 23.7 Å². The van der Waals surface area contributed by atoms with E-state index in [0.717, 1.165) is 38.5 Å². The van der Waals surface area contributed by atoms with E-state index in [1.54, 1.807) is 49.8 Å². The Hall–Kier alpha value is -2.29. The third-order valence-corrected chi connectivity index (χ3v) is 22.3. The van der Waals surface area contributed by atoms with Crippen LogP contribution >= 0.6 is 11.8 Å². The molecule has 6 saturated heterocycles. The summed E-state index contributed by atoms with van der Waals surface area (Å²) in [6.45, 7) is 26.0. The molecule has 0 aromatic heterocycles. The van der Waals surface area contributed by atoms with Crippen LogP contribution in [0.1, 0.15) is 146 Å². The number of rotatable bonds is 53. The number of ketones is 1. The van der Waals surface area contributed by atoms with Gasteiger partial charge in [0.1, 0.15) is 67.3 Å². The van der Waals surface area contributed by atoms with Gasteiger partial charge in [0, 0.05) is 113 Å². The number of carbonyl (C=O) groups excluding carboxylic acids is 4. The summed E-state index contributed by atoms with van der Waals surface area (Å²) in [5.74, 6) is 0.166. The minimum atomic E-state index is -0.871. The van der Waals surface area contributed by atoms with Crippen LogP contribution in [0.3, 0.4) is 0 Å². The maximum absolute atomic E-state index is 12.7. The molecule has 6 aliphatic heterocycles. The van der Waals surface area contributed by atoms with Crippen molar-refractivity contribution in [1.82, 2.24) is 10.2 Å². The summed E-state index contributed by atoms with van der Waals surface area (Å²) in [6, 6.07) is 0. The summed E-state index contributed by atoms with van der Waals surface area (Å²) in [5, 5.41) is 2.38. The summed E-state index contributed by atoms with van der Waals surface area (Å²) < 4.78 is 144. The number of Topliss-reactive ketones (excluding diaryl/α,β-unsaturated/α-hetero) is 1. The monoisotopic (exact) mass is 1530 g/mol. The highest BCUT2D eigenvalue weighted by Crippen LogP contribution is 2.43. The number of amides is 3. The number of nitrogens with one attached hydrogen (secondary N) is 1. The molecule has 0 aliphatic carbocycles. The standard InChI is InChI=1S/C75H134N2O27S/c1-18-22-27-52(78)28-26-30-77-58(80)44-56(70(77)81)105-43-42-93-39-38-91-36-37-92-40-41-94-45-57(79)76-29-33-90-35-34-89-31-24-23-25-32-95-63-55(21-4)100-75(69(87-16)66(63)84-13)104-62-51(10)97-74(68(86-15)65(62)83-12)102-60-47(6)49(8)72(99-54(60)20-3)103-61-50(9)96-73(67(85-14)64(61)82-11)101-59-46(5)48(7)71(88-17)98-53(59)19-2/h46-51,53-56,59-69,71-75H,18-45H2,1-17H3,(H,76,79)/t46-,47-,48-,49-,50+,51-,53-,54-,55-,56?,59+,60+,61-,62-,63-,64+,65+,66+,67-,68-,69-,71+,72-,73+,74+,75-/m1/s1. The van der Waals surface area contributed by atoms with E-state index in [-0.39, 0.29) is 97.5 Å². The van der Waals surface area contributed by atoms with E-state index < -0.39 is 104 Å². The van der Waals surface area contributed by atoms with Crippen molar-refractivity contribution in [3.8, 4) is 0 Å². The molecule has 6 rings (SSSR count). The van der Waals surface area contributed by atoms with Gasteiger partial charge in [-0.3, -0.25) is 24.1 Å². The molecule has 6 heterocycles. The number of likely N-dealkylation sites (tertiary alicyclic amines) is 1. The minimum Gasteiger partial charge on any atom is -0.379 e. The van der Waals surface area contributed by atoms with Crippen molar-refractivity contribution in [2.45, 2.75) is 281 Å². The van der Waals surface area contributed by atoms with Gasteiger partial charge in [-0.05, 0) is 77.0 Å². The van der Waals surface area contributed by atoms with Crippen molar-refractivity contribution in [3.05, 3.63) is 0 Å². The van der Waals surface area contributed by atoms with Crippen LogP contribution in [0.5, 0.6) is 0 Å². The molecule has 6 aliphatic rings. The number of ether oxygens (including phenoxy) is 23. The lowest BCUT2D eigenvalue weighted by molar-refractivity contribution is -0.383. The third-order valence-electron chi connectivity index (χ3n) is 21.1. The number of hydrogen-bond donors (Lipinski definition) is 1. The zero-order valence-electron chi connectivity index (χ0n) is 66.2. The van der Waals surface area contributed by atoms with E-state index in [9.17, 15) is 19.2 Å². The number of nitrogens with zero attached hydrogens (tertiary/aromatic N) is 1. The van der Waals surface area contributed by atoms with Crippen LogP contribution in [-0.4, -0.2) is 317 Å². The van der Waals surface area contributed by atoms with Gasteiger partial charge < -0.3 is 114 Å². The van der Waals surface area contributed by atoms with Crippen molar-refractivity contribution in [2.75, 3.05) is 155 Å². The molecule has 3 amide bonds. The predicted octanol–water partition coefficient (Wildman–Crippen LogP) is 6.87. The molecule has 0 aromatic carbocycles. The predicted molar refractivity (Wildman–Crippen MR) is 386 cm³/mol. The van der Waals surface area contributed by atoms with Gasteiger partial charge in [-0.1, -0.05) is 61.8 Å². The molecule has 30 heteroatoms. The zero-order valence-corrected chi connectivity index (χ0v) is 67.0. The van der Waals surface area contributed by atoms with Crippen LogP contribution in [0.2, 0.25) is 0 Å². The number of unbranched alkanes of at least 4 members (excludes halogenated alkanes) is 3. The first-order valence-corrected chi connectivity index (χ1v) is 39.8. The molecule has 26 atom stereocenters. The minimum absolute atomic E-state index is 0.0695. The number of carbonyl (C=O) groups is 4. The highest BCUT2D eigenvalue weighted by molar-refractivity contribution is 8.00. The first kappa shape index (κ1) is 91.6. The van der Waals surface area contributed by atoms with Gasteiger partial charge in [-0.25, -0.2) is 0 Å². The van der Waals surface area contributed by atoms with E-state index >= 15 is 0 Å². The Kier molecular flexibility index (Phi) is 43.6. The summed E-state index contributed by atoms with van der Waals surface area (Å²) in [4.78, 5) is 50.5. The Morgan fingerprint density at radius 2 is 0.857 bits per heavy atom. The van der Waals surface area contributed by atoms with Gasteiger partial charge in [0.2, 0.25) is 17.7 Å². The second kappa shape index (κ2) is 49.9. The van der Waals surface area contributed by atoms with Crippen molar-refractivity contribution < 1.29 is 128 Å². The summed E-state index contributed by atoms with van der Waals surface area (Å²) in [7, 11) is 11.5. The number of thioether (sulfide) groups is 1. The fourth-order valence-corrected chi connectivity index (χ4v) is 15.6. The largest absolute Gasteiger partial charge is 0.379 e. The highest BCUT2D eigenvalue weighted by atomic mass is 32.2. The second-order valence-corrected chi connectivity index (χ2v) is 29.4. The Morgan fingerprint density at radius 1 is 0.429 bits per heavy atom. The number of hydrogen-bond acceptors (Lipinski definition) is 28. The lowest BCUT2D eigenvalue weighted by Crippen LogP contribution is -2.65. The quantitative estimate of drug-likeness (QED) is 0.0479. The van der Waals surface area contributed by atoms with Crippen LogP contribution in [0.25, 0.3) is 0 Å². The first-order chi connectivity index (χ1) is 50.8. The Bertz CT molecular complexity index is 2400. The van der Waals surface area contributed by atoms with E-state index in [4.69, 9.17) is 109 Å². The van der Waals surface area contributed by atoms with Gasteiger partial charge >= 0.3 is 0 Å². The van der Waals surface area contributed by atoms with Crippen molar-refractivity contribution in [1.29, 1.82) is 0 Å². The summed E-state index contributed by atoms with van der Waals surface area (Å²) >= 11 is 1.42. The Morgan fingerprint density at radius 3 is 1.38 bits per heavy atom. The van der Waals surface area contributed by atoms with Crippen LogP contribution in [0.15, 0.2) is 0 Å². The Balaban J connectivity index is 0.805. The molecular weight excluding hydrogens is 1390 g/mol. The molecular formula is C75H134N2O27S. The molecule has 6 fully saturated rings. The smallest absolute Gasteiger partial charge is 0.246 e. The lowest BCUT2D eigenvalue weighted by Gasteiger charge is -2.52. The topological polar surface area (TPSA) is 296 Å². The molecule has 0 spiro atoms. The molecule has 105 heavy (non-hydrogen) atoms. The zero-order chi connectivity index (χ0) is 76.4. The maximum atomic E-state index is 12.7. The summed E-state index contributed by atoms with van der Waals surface area (Å²) in [6.07, 6.45) is -3.44. The van der Waals surface area contributed by atoms with Crippen LogP contribution < -0.4 is 5.32 Å². The first-order valence-electron chi connectivity index (χ1n) is 38.7. The molecule has 1 unspecified atom stereocenters. The Labute approximate surface area is 629 Å². The van der Waals surface area contributed by atoms with Crippen LogP contribution in [-0.2, 0) is 128 Å². The van der Waals surface area contributed by atoms with E-state index in [1.165, 1.54) is 16.7 Å². The van der Waals surface area contributed by atoms with Crippen LogP contribution in [0.4, 0.5) is 0 Å². The SMILES string of the molecule is CCCCC(=O)CCCN1C(=O)CC(SCCOCCOCCOCCOCC(=O)NCCOCCOCCCCCO[C@H]2[C@H](OC)[C@@H](OC)[C@@H](O[C@H]3[C@H](OC)[C@@H](OC)[C@H](O[C@H]4[C@H](C)[C@@H](C)[C@@H](O[C@H]5[C@H](OC)[C@@H](OC)[C@H](O[C@H]6[C@H](C)[C@@H](C)[C@@H](OC)O[C@@H]6CC)O[C@H]5C)O[C@@H]4CC)O[C@@H]3C)O[C@@H]2CC)C1=O. The van der Waals surface area contributed by atoms with Gasteiger partial charge in [-0.2, -0.15) is 0 Å². The molecule has 0 saturated carbocycles. The van der Waals surface area contributed by atoms with Gasteiger partial charge in [-0.15, -0.1) is 11.8 Å². The molecule has 0 radical (unpaired) electrons. The highest BCUT2D eigenvalue weighted by Gasteiger charge is 2.56. The number of methoxy groups -OCH3 is 7. The maximum Gasteiger partial charge on any atom is 0.246 e. The van der Waals surface area contributed by atoms with E-state index in [1.807, 2.05) is 27.7 Å². The van der Waals surface area contributed by atoms with Crippen molar-refractivity contribution >= 4 is 35.3 Å². The molecule has 1 N–H and O–H groups in total. The molecule has 0 aromatic rings. The summed E-state index contributed by atoms with van der Waals surface area (Å²) in [5.41, 5.74) is 0. The molecule has 612 valence electrons. The van der Waals surface area contributed by atoms with Crippen molar-refractivity contribution in [3.63, 3.8) is 0 Å². The average molecular weight is 1530 g/mol. The molecule has 29 nitrogen and oxygen atoms in total. The van der Waals surface area contributed by atoms with Gasteiger partial charge in [0.25, 0.3) is 0 Å².